The first-order valence-electron chi connectivity index (χ1n) is 6.27. The van der Waals surface area contributed by atoms with E-state index in [2.05, 4.69) is 17.0 Å². The maximum Gasteiger partial charge on any atom is 0.187 e. The summed E-state index contributed by atoms with van der Waals surface area (Å²) in [4.78, 5) is 3.35. The van der Waals surface area contributed by atoms with Crippen molar-refractivity contribution in [3.8, 4) is 11.5 Å². The van der Waals surface area contributed by atoms with Gasteiger partial charge < -0.3 is 10.5 Å². The fourth-order valence-electron chi connectivity index (χ4n) is 2.11. The van der Waals surface area contributed by atoms with Crippen molar-refractivity contribution in [3.63, 3.8) is 0 Å². The molecule has 2 aromatic carbocycles. The summed E-state index contributed by atoms with van der Waals surface area (Å²) >= 11 is 0. The van der Waals surface area contributed by atoms with Gasteiger partial charge in [0.1, 0.15) is 11.5 Å². The predicted molar refractivity (Wildman–Crippen MR) is 74.6 cm³/mol. The molecule has 94 valence electrons. The van der Waals surface area contributed by atoms with Gasteiger partial charge in [0.15, 0.2) is 5.69 Å². The lowest BCUT2D eigenvalue weighted by atomic mass is 10.1. The van der Waals surface area contributed by atoms with E-state index in [0.29, 0.717) is 17.6 Å². The number of benzene rings is 2. The quantitative estimate of drug-likeness (QED) is 0.840. The molecule has 0 spiro atoms. The summed E-state index contributed by atoms with van der Waals surface area (Å²) < 4.78 is 5.73. The molecule has 3 rings (SSSR count). The molecule has 3 heteroatoms. The summed E-state index contributed by atoms with van der Waals surface area (Å²) in [5.74, 6) is 2.06. The average molecular weight is 250 g/mol. The number of hydrogen-bond donors (Lipinski definition) is 1. The first kappa shape index (κ1) is 11.8. The van der Waals surface area contributed by atoms with Gasteiger partial charge in [-0.25, -0.2) is 4.85 Å². The molecule has 0 radical (unpaired) electrons. The summed E-state index contributed by atoms with van der Waals surface area (Å²) in [6, 6.07) is 15.5. The van der Waals surface area contributed by atoms with Crippen molar-refractivity contribution in [3.05, 3.63) is 65.5 Å². The Balaban J connectivity index is 1.70. The molecular weight excluding hydrogens is 236 g/mol. The van der Waals surface area contributed by atoms with Crippen molar-refractivity contribution >= 4 is 5.69 Å². The van der Waals surface area contributed by atoms with Gasteiger partial charge in [0.2, 0.25) is 0 Å². The Labute approximate surface area is 112 Å². The molecule has 1 aliphatic carbocycles. The molecule has 2 aromatic rings. The SMILES string of the molecule is [C-]#[N+]c1ccc(Oc2ccc(C3CC3N)cc2)cc1. The van der Waals surface area contributed by atoms with E-state index in [4.69, 9.17) is 17.0 Å². The summed E-state index contributed by atoms with van der Waals surface area (Å²) in [6.45, 7) is 6.90. The normalized spacial score (nSPS) is 20.6. The highest BCUT2D eigenvalue weighted by molar-refractivity contribution is 5.48. The molecule has 19 heavy (non-hydrogen) atoms. The molecule has 0 bridgehead atoms. The van der Waals surface area contributed by atoms with Gasteiger partial charge in [-0.2, -0.15) is 0 Å². The Morgan fingerprint density at radius 3 is 2.00 bits per heavy atom. The van der Waals surface area contributed by atoms with E-state index >= 15 is 0 Å². The fraction of sp³-hybridized carbons (Fsp3) is 0.188. The van der Waals surface area contributed by atoms with Crippen LogP contribution in [0.1, 0.15) is 17.9 Å². The summed E-state index contributed by atoms with van der Waals surface area (Å²) in [7, 11) is 0. The molecule has 0 heterocycles. The molecular formula is C16H14N2O. The molecule has 0 aromatic heterocycles. The Hall–Kier alpha value is -2.31. The van der Waals surface area contributed by atoms with Crippen LogP contribution in [0.4, 0.5) is 5.69 Å². The lowest BCUT2D eigenvalue weighted by Crippen LogP contribution is -2.00. The molecule has 2 unspecified atom stereocenters. The topological polar surface area (TPSA) is 39.6 Å². The van der Waals surface area contributed by atoms with Crippen LogP contribution in [0.15, 0.2) is 48.5 Å². The van der Waals surface area contributed by atoms with Crippen molar-refractivity contribution in [1.29, 1.82) is 0 Å². The van der Waals surface area contributed by atoms with Gasteiger partial charge >= 0.3 is 0 Å². The van der Waals surface area contributed by atoms with Gasteiger partial charge in [0.25, 0.3) is 0 Å². The van der Waals surface area contributed by atoms with E-state index in [1.54, 1.807) is 24.3 Å². The summed E-state index contributed by atoms with van der Waals surface area (Å²) in [5.41, 5.74) is 7.73. The maximum absolute atomic E-state index is 6.90. The van der Waals surface area contributed by atoms with Crippen molar-refractivity contribution in [2.24, 2.45) is 5.73 Å². The predicted octanol–water partition coefficient (Wildman–Crippen LogP) is 3.84. The van der Waals surface area contributed by atoms with Crippen LogP contribution in [-0.4, -0.2) is 6.04 Å². The lowest BCUT2D eigenvalue weighted by molar-refractivity contribution is 0.482. The van der Waals surface area contributed by atoms with Crippen LogP contribution in [0.25, 0.3) is 4.85 Å². The van der Waals surface area contributed by atoms with E-state index < -0.39 is 0 Å². The van der Waals surface area contributed by atoms with Crippen molar-refractivity contribution < 1.29 is 4.74 Å². The Morgan fingerprint density at radius 2 is 1.53 bits per heavy atom. The van der Waals surface area contributed by atoms with E-state index in [-0.39, 0.29) is 0 Å². The molecule has 1 saturated carbocycles. The van der Waals surface area contributed by atoms with Crippen LogP contribution in [0.5, 0.6) is 11.5 Å². The van der Waals surface area contributed by atoms with Gasteiger partial charge in [-0.05, 0) is 36.2 Å². The van der Waals surface area contributed by atoms with Gasteiger partial charge in [-0.15, -0.1) is 0 Å². The first-order chi connectivity index (χ1) is 9.26. The highest BCUT2D eigenvalue weighted by atomic mass is 16.5. The third-order valence-electron chi connectivity index (χ3n) is 3.35. The monoisotopic (exact) mass is 250 g/mol. The van der Waals surface area contributed by atoms with E-state index in [0.717, 1.165) is 17.9 Å². The van der Waals surface area contributed by atoms with Crippen molar-refractivity contribution in [1.82, 2.24) is 0 Å². The Bertz CT molecular complexity index is 611. The highest BCUT2D eigenvalue weighted by Gasteiger charge is 2.34. The van der Waals surface area contributed by atoms with Gasteiger partial charge in [0.05, 0.1) is 6.57 Å². The van der Waals surface area contributed by atoms with Crippen LogP contribution < -0.4 is 10.5 Å². The van der Waals surface area contributed by atoms with Crippen LogP contribution in [0.2, 0.25) is 0 Å². The minimum Gasteiger partial charge on any atom is -0.457 e. The second-order valence-corrected chi connectivity index (χ2v) is 4.78. The standard InChI is InChI=1S/C16H14N2O/c1-18-12-4-8-14(9-5-12)19-13-6-2-11(3-7-13)15-10-16(15)17/h2-9,15-16H,10,17H2. The molecule has 2 atom stereocenters. The number of hydrogen-bond acceptors (Lipinski definition) is 2. The maximum atomic E-state index is 6.90. The molecule has 2 N–H and O–H groups in total. The zero-order valence-electron chi connectivity index (χ0n) is 10.4. The summed E-state index contributed by atoms with van der Waals surface area (Å²) in [5, 5.41) is 0. The van der Waals surface area contributed by atoms with Gasteiger partial charge in [0, 0.05) is 12.0 Å². The van der Waals surface area contributed by atoms with E-state index in [9.17, 15) is 0 Å². The Morgan fingerprint density at radius 1 is 1.00 bits per heavy atom. The number of ether oxygens (including phenoxy) is 1. The van der Waals surface area contributed by atoms with E-state index in [1.165, 1.54) is 5.56 Å². The molecule has 0 aliphatic heterocycles. The fourth-order valence-corrected chi connectivity index (χ4v) is 2.11. The smallest absolute Gasteiger partial charge is 0.187 e. The minimum atomic E-state index is 0.327. The molecule has 0 saturated heterocycles. The minimum absolute atomic E-state index is 0.327. The zero-order chi connectivity index (χ0) is 13.2. The van der Waals surface area contributed by atoms with Crippen LogP contribution in [0.3, 0.4) is 0 Å². The van der Waals surface area contributed by atoms with Crippen molar-refractivity contribution in [2.45, 2.75) is 18.4 Å². The number of nitrogens with zero attached hydrogens (tertiary/aromatic N) is 1. The van der Waals surface area contributed by atoms with Crippen molar-refractivity contribution in [2.75, 3.05) is 0 Å². The molecule has 0 amide bonds. The Kier molecular flexibility index (Phi) is 2.94. The lowest BCUT2D eigenvalue weighted by Gasteiger charge is -2.06. The average Bonchev–Trinajstić information content (AvgIpc) is 3.18. The molecule has 3 nitrogen and oxygen atoms in total. The third-order valence-corrected chi connectivity index (χ3v) is 3.35. The number of rotatable bonds is 3. The zero-order valence-corrected chi connectivity index (χ0v) is 10.4. The molecule has 1 fully saturated rings. The molecule has 1 aliphatic rings. The van der Waals surface area contributed by atoms with Gasteiger partial charge in [-0.3, -0.25) is 0 Å². The highest BCUT2D eigenvalue weighted by Crippen LogP contribution is 2.39. The van der Waals surface area contributed by atoms with Crippen LogP contribution in [0, 0.1) is 6.57 Å². The third kappa shape index (κ3) is 2.59. The van der Waals surface area contributed by atoms with Gasteiger partial charge in [-0.1, -0.05) is 24.3 Å². The first-order valence-corrected chi connectivity index (χ1v) is 6.27. The van der Waals surface area contributed by atoms with Crippen LogP contribution >= 0.6 is 0 Å². The summed E-state index contributed by atoms with van der Waals surface area (Å²) in [6.07, 6.45) is 1.08. The van der Waals surface area contributed by atoms with E-state index in [1.807, 2.05) is 12.1 Å². The van der Waals surface area contributed by atoms with Crippen LogP contribution in [-0.2, 0) is 0 Å². The second kappa shape index (κ2) is 4.75. The largest absolute Gasteiger partial charge is 0.457 e. The number of nitrogens with two attached hydrogens (primary N) is 1. The second-order valence-electron chi connectivity index (χ2n) is 4.78.